The van der Waals surface area contributed by atoms with E-state index in [0.717, 1.165) is 13.1 Å². The molecule has 1 aliphatic rings. The van der Waals surface area contributed by atoms with Crippen LogP contribution in [-0.2, 0) is 0 Å². The summed E-state index contributed by atoms with van der Waals surface area (Å²) < 4.78 is 5.21. The minimum atomic E-state index is -0.701. The van der Waals surface area contributed by atoms with Gasteiger partial charge in [-0.05, 0) is 33.8 Å². The lowest BCUT2D eigenvalue weighted by Gasteiger charge is -2.41. The van der Waals surface area contributed by atoms with Crippen molar-refractivity contribution in [1.29, 1.82) is 0 Å². The van der Waals surface area contributed by atoms with E-state index in [4.69, 9.17) is 4.42 Å². The van der Waals surface area contributed by atoms with Gasteiger partial charge in [0.1, 0.15) is 5.76 Å². The van der Waals surface area contributed by atoms with Crippen LogP contribution >= 0.6 is 0 Å². The van der Waals surface area contributed by atoms with Crippen molar-refractivity contribution in [3.05, 3.63) is 23.7 Å². The molecule has 0 unspecified atom stereocenters. The second kappa shape index (κ2) is 5.58. The van der Waals surface area contributed by atoms with Gasteiger partial charge in [-0.1, -0.05) is 0 Å². The summed E-state index contributed by atoms with van der Waals surface area (Å²) in [6.45, 7) is 10.4. The second-order valence-corrected chi connectivity index (χ2v) is 6.29. The van der Waals surface area contributed by atoms with Crippen molar-refractivity contribution >= 4 is 5.91 Å². The van der Waals surface area contributed by atoms with Crippen molar-refractivity contribution in [2.24, 2.45) is 0 Å². The monoisotopic (exact) mass is 280 g/mol. The molecule has 1 fully saturated rings. The minimum Gasteiger partial charge on any atom is -0.469 e. The summed E-state index contributed by atoms with van der Waals surface area (Å²) in [5.41, 5.74) is -0.0552. The van der Waals surface area contributed by atoms with Gasteiger partial charge in [0.2, 0.25) is 0 Å². The van der Waals surface area contributed by atoms with Gasteiger partial charge in [0.15, 0.2) is 0 Å². The van der Waals surface area contributed by atoms with Gasteiger partial charge in [0, 0.05) is 32.2 Å². The number of aryl methyl sites for hydroxylation is 1. The molecule has 5 nitrogen and oxygen atoms in total. The molecule has 1 aromatic heterocycles. The van der Waals surface area contributed by atoms with Crippen LogP contribution in [0.3, 0.4) is 0 Å². The SMILES string of the molecule is Cc1occc1C(=O)N1CCN(CC(C)(C)O)C[C@H]1C. The first-order chi connectivity index (χ1) is 9.28. The predicted octanol–water partition coefficient (Wildman–Crippen LogP) is 1.51. The Morgan fingerprint density at radius 2 is 2.20 bits per heavy atom. The Kier molecular flexibility index (Phi) is 4.20. The Morgan fingerprint density at radius 3 is 2.70 bits per heavy atom. The van der Waals surface area contributed by atoms with Crippen molar-refractivity contribution in [2.45, 2.75) is 39.3 Å². The molecule has 1 saturated heterocycles. The van der Waals surface area contributed by atoms with Gasteiger partial charge in [-0.25, -0.2) is 0 Å². The molecule has 2 rings (SSSR count). The number of hydrogen-bond acceptors (Lipinski definition) is 4. The molecule has 0 saturated carbocycles. The Bertz CT molecular complexity index is 476. The number of carbonyl (C=O) groups excluding carboxylic acids is 1. The van der Waals surface area contributed by atoms with E-state index >= 15 is 0 Å². The molecule has 1 amide bonds. The first-order valence-corrected chi connectivity index (χ1v) is 7.08. The number of hydrogen-bond donors (Lipinski definition) is 1. The maximum absolute atomic E-state index is 12.5. The highest BCUT2D eigenvalue weighted by Gasteiger charge is 2.31. The van der Waals surface area contributed by atoms with E-state index < -0.39 is 5.60 Å². The average Bonchev–Trinajstić information content (AvgIpc) is 2.72. The maximum Gasteiger partial charge on any atom is 0.257 e. The van der Waals surface area contributed by atoms with E-state index in [1.165, 1.54) is 0 Å². The van der Waals surface area contributed by atoms with Crippen LogP contribution in [0, 0.1) is 6.92 Å². The van der Waals surface area contributed by atoms with Crippen molar-refractivity contribution in [3.8, 4) is 0 Å². The van der Waals surface area contributed by atoms with Crippen molar-refractivity contribution in [2.75, 3.05) is 26.2 Å². The van der Waals surface area contributed by atoms with Crippen molar-refractivity contribution in [1.82, 2.24) is 9.80 Å². The van der Waals surface area contributed by atoms with Gasteiger partial charge >= 0.3 is 0 Å². The Labute approximate surface area is 120 Å². The van der Waals surface area contributed by atoms with Crippen molar-refractivity contribution in [3.63, 3.8) is 0 Å². The number of rotatable bonds is 3. The number of piperazine rings is 1. The molecular formula is C15H24N2O3. The summed E-state index contributed by atoms with van der Waals surface area (Å²) in [5.74, 6) is 0.702. The van der Waals surface area contributed by atoms with E-state index in [1.54, 1.807) is 12.3 Å². The number of β-amino-alcohol motifs (C(OH)–C–C–N with tert-alkyl or cyclic N) is 1. The van der Waals surface area contributed by atoms with Gasteiger partial charge in [-0.3, -0.25) is 9.69 Å². The molecule has 0 radical (unpaired) electrons. The van der Waals surface area contributed by atoms with Crippen molar-refractivity contribution < 1.29 is 14.3 Å². The van der Waals surface area contributed by atoms with Gasteiger partial charge in [-0.15, -0.1) is 0 Å². The zero-order valence-corrected chi connectivity index (χ0v) is 12.7. The number of nitrogens with zero attached hydrogens (tertiary/aromatic N) is 2. The molecule has 0 spiro atoms. The molecule has 0 aromatic carbocycles. The first-order valence-electron chi connectivity index (χ1n) is 7.08. The normalized spacial score (nSPS) is 21.2. The summed E-state index contributed by atoms with van der Waals surface area (Å²) in [6, 6.07) is 1.86. The third-order valence-corrected chi connectivity index (χ3v) is 3.67. The Hall–Kier alpha value is -1.33. The summed E-state index contributed by atoms with van der Waals surface area (Å²) >= 11 is 0. The van der Waals surface area contributed by atoms with Crippen LogP contribution < -0.4 is 0 Å². The largest absolute Gasteiger partial charge is 0.469 e. The molecule has 1 N–H and O–H groups in total. The molecule has 1 aliphatic heterocycles. The average molecular weight is 280 g/mol. The van der Waals surface area contributed by atoms with E-state index in [-0.39, 0.29) is 11.9 Å². The second-order valence-electron chi connectivity index (χ2n) is 6.29. The molecule has 1 aromatic rings. The zero-order chi connectivity index (χ0) is 14.9. The summed E-state index contributed by atoms with van der Waals surface area (Å²) in [7, 11) is 0. The van der Waals surface area contributed by atoms with Crippen LogP contribution in [0.25, 0.3) is 0 Å². The molecular weight excluding hydrogens is 256 g/mol. The zero-order valence-electron chi connectivity index (χ0n) is 12.7. The quantitative estimate of drug-likeness (QED) is 0.911. The van der Waals surface area contributed by atoms with Crippen LogP contribution in [0.4, 0.5) is 0 Å². The number of carbonyl (C=O) groups is 1. The van der Waals surface area contributed by atoms with E-state index in [0.29, 0.717) is 24.4 Å². The van der Waals surface area contributed by atoms with Crippen LogP contribution in [0.5, 0.6) is 0 Å². The smallest absolute Gasteiger partial charge is 0.257 e. The molecule has 112 valence electrons. The predicted molar refractivity (Wildman–Crippen MR) is 76.7 cm³/mol. The fourth-order valence-corrected chi connectivity index (χ4v) is 2.79. The third-order valence-electron chi connectivity index (χ3n) is 3.67. The van der Waals surface area contributed by atoms with Gasteiger partial charge in [0.05, 0.1) is 17.4 Å². The highest BCUT2D eigenvalue weighted by Crippen LogP contribution is 2.18. The first kappa shape index (κ1) is 15.1. The third kappa shape index (κ3) is 3.41. The van der Waals surface area contributed by atoms with E-state index in [2.05, 4.69) is 4.90 Å². The molecule has 0 bridgehead atoms. The van der Waals surface area contributed by atoms with Crippen LogP contribution in [0.15, 0.2) is 16.7 Å². The fraction of sp³-hybridized carbons (Fsp3) is 0.667. The Morgan fingerprint density at radius 1 is 1.50 bits per heavy atom. The lowest BCUT2D eigenvalue weighted by molar-refractivity contribution is 0.00574. The highest BCUT2D eigenvalue weighted by molar-refractivity contribution is 5.95. The van der Waals surface area contributed by atoms with E-state index in [9.17, 15) is 9.90 Å². The lowest BCUT2D eigenvalue weighted by Crippen LogP contribution is -2.56. The topological polar surface area (TPSA) is 56.9 Å². The van der Waals surface area contributed by atoms with Crippen LogP contribution in [-0.4, -0.2) is 58.6 Å². The molecule has 5 heteroatoms. The molecule has 0 aliphatic carbocycles. The minimum absolute atomic E-state index is 0.0339. The standard InChI is InChI=1S/C15H24N2O3/c1-11-9-16(10-15(3,4)19)6-7-17(11)14(18)13-5-8-20-12(13)2/h5,8,11,19H,6-7,9-10H2,1-4H3/t11-/m1/s1. The fourth-order valence-electron chi connectivity index (χ4n) is 2.79. The number of aliphatic hydroxyl groups is 1. The van der Waals surface area contributed by atoms with E-state index in [1.807, 2.05) is 32.6 Å². The summed E-state index contributed by atoms with van der Waals surface area (Å²) in [6.07, 6.45) is 1.55. The van der Waals surface area contributed by atoms with Gasteiger partial charge in [0.25, 0.3) is 5.91 Å². The summed E-state index contributed by atoms with van der Waals surface area (Å²) in [4.78, 5) is 16.6. The van der Waals surface area contributed by atoms with Gasteiger partial charge in [-0.2, -0.15) is 0 Å². The molecule has 20 heavy (non-hydrogen) atoms. The summed E-state index contributed by atoms with van der Waals surface area (Å²) in [5, 5.41) is 9.88. The number of furan rings is 1. The molecule has 2 heterocycles. The maximum atomic E-state index is 12.5. The van der Waals surface area contributed by atoms with Gasteiger partial charge < -0.3 is 14.4 Å². The highest BCUT2D eigenvalue weighted by atomic mass is 16.3. The lowest BCUT2D eigenvalue weighted by atomic mass is 10.1. The number of amides is 1. The Balaban J connectivity index is 2.00. The van der Waals surface area contributed by atoms with Crippen LogP contribution in [0.2, 0.25) is 0 Å². The molecule has 1 atom stereocenters. The van der Waals surface area contributed by atoms with Crippen LogP contribution in [0.1, 0.15) is 36.9 Å².